The number of piperazine rings is 1. The molecule has 0 aromatic carbocycles. The third kappa shape index (κ3) is 3.83. The first-order valence-corrected chi connectivity index (χ1v) is 10.8. The van der Waals surface area contributed by atoms with Gasteiger partial charge in [0.25, 0.3) is 0 Å². The Labute approximate surface area is 165 Å². The number of hydrogen-bond donors (Lipinski definition) is 0. The van der Waals surface area contributed by atoms with Crippen LogP contribution in [0.15, 0.2) is 22.1 Å². The van der Waals surface area contributed by atoms with E-state index in [2.05, 4.69) is 11.7 Å². The van der Waals surface area contributed by atoms with Crippen LogP contribution in [0.5, 0.6) is 0 Å². The number of rotatable bonds is 4. The van der Waals surface area contributed by atoms with Crippen LogP contribution >= 0.6 is 0 Å². The van der Waals surface area contributed by atoms with E-state index in [0.717, 1.165) is 12.8 Å². The smallest absolute Gasteiger partial charge is 0.248 e. The maximum absolute atomic E-state index is 12.9. The van der Waals surface area contributed by atoms with E-state index in [1.807, 2.05) is 0 Å². The molecule has 2 saturated heterocycles. The second-order valence-corrected chi connectivity index (χ2v) is 9.08. The van der Waals surface area contributed by atoms with Gasteiger partial charge >= 0.3 is 0 Å². The highest BCUT2D eigenvalue weighted by atomic mass is 32.2. The highest BCUT2D eigenvalue weighted by Gasteiger charge is 2.36. The summed E-state index contributed by atoms with van der Waals surface area (Å²) in [4.78, 5) is 28.2. The minimum absolute atomic E-state index is 0.0176. The van der Waals surface area contributed by atoms with Gasteiger partial charge in [-0.25, -0.2) is 8.42 Å². The van der Waals surface area contributed by atoms with Crippen molar-refractivity contribution < 1.29 is 22.5 Å². The van der Waals surface area contributed by atoms with E-state index in [0.29, 0.717) is 31.9 Å². The first-order valence-electron chi connectivity index (χ1n) is 9.39. The van der Waals surface area contributed by atoms with Gasteiger partial charge in [0.2, 0.25) is 21.8 Å². The van der Waals surface area contributed by atoms with Crippen LogP contribution in [0.25, 0.3) is 0 Å². The van der Waals surface area contributed by atoms with Crippen molar-refractivity contribution in [1.82, 2.24) is 19.3 Å². The van der Waals surface area contributed by atoms with Crippen LogP contribution in [0.1, 0.15) is 24.3 Å². The van der Waals surface area contributed by atoms with Crippen LogP contribution < -0.4 is 0 Å². The average Bonchev–Trinajstić information content (AvgIpc) is 3.05. The SMILES string of the molecule is C=CC(=O)N1CCCC(C(=O)N2CCN(S(=O)(=O)c3c(C)noc3C)CC2)C1. The van der Waals surface area contributed by atoms with E-state index in [9.17, 15) is 18.0 Å². The Hall–Kier alpha value is -2.20. The van der Waals surface area contributed by atoms with Gasteiger partial charge in [0.15, 0.2) is 5.76 Å². The molecule has 1 atom stereocenters. The summed E-state index contributed by atoms with van der Waals surface area (Å²) in [7, 11) is -3.70. The quantitative estimate of drug-likeness (QED) is 0.672. The number of aromatic nitrogens is 1. The minimum Gasteiger partial charge on any atom is -0.360 e. The molecule has 2 fully saturated rings. The lowest BCUT2D eigenvalue weighted by Crippen LogP contribution is -2.54. The third-order valence-electron chi connectivity index (χ3n) is 5.37. The molecule has 0 N–H and O–H groups in total. The van der Waals surface area contributed by atoms with Crippen LogP contribution in [0, 0.1) is 19.8 Å². The zero-order valence-electron chi connectivity index (χ0n) is 16.3. The predicted octanol–water partition coefficient (Wildman–Crippen LogP) is 0.549. The molecule has 3 heterocycles. The lowest BCUT2D eigenvalue weighted by Gasteiger charge is -2.38. The Morgan fingerprint density at radius 1 is 1.14 bits per heavy atom. The zero-order valence-corrected chi connectivity index (χ0v) is 17.1. The summed E-state index contributed by atoms with van der Waals surface area (Å²) in [6, 6.07) is 0. The Morgan fingerprint density at radius 3 is 2.39 bits per heavy atom. The summed E-state index contributed by atoms with van der Waals surface area (Å²) < 4.78 is 32.1. The molecule has 2 aliphatic heterocycles. The molecule has 154 valence electrons. The molecular formula is C18H26N4O5S. The van der Waals surface area contributed by atoms with Gasteiger partial charge in [-0.05, 0) is 32.8 Å². The number of nitrogens with zero attached hydrogens (tertiary/aromatic N) is 4. The monoisotopic (exact) mass is 410 g/mol. The third-order valence-corrected chi connectivity index (χ3v) is 7.52. The van der Waals surface area contributed by atoms with Gasteiger partial charge in [-0.1, -0.05) is 11.7 Å². The standard InChI is InChI=1S/C18H26N4O5S/c1-4-16(23)21-7-5-6-15(12-21)18(24)20-8-10-22(11-9-20)28(25,26)17-13(2)19-27-14(17)3/h4,15H,1,5-12H2,2-3H3. The summed E-state index contributed by atoms with van der Waals surface area (Å²) in [5.74, 6) is -0.155. The molecule has 2 amide bonds. The fourth-order valence-electron chi connectivity index (χ4n) is 3.89. The zero-order chi connectivity index (χ0) is 20.5. The van der Waals surface area contributed by atoms with Crippen molar-refractivity contribution in [1.29, 1.82) is 0 Å². The number of carbonyl (C=O) groups excluding carboxylic acids is 2. The normalized spacial score (nSPS) is 21.6. The maximum atomic E-state index is 12.9. The molecule has 0 spiro atoms. The van der Waals surface area contributed by atoms with Gasteiger partial charge in [-0.3, -0.25) is 9.59 Å². The second-order valence-electron chi connectivity index (χ2n) is 7.21. The topological polar surface area (TPSA) is 104 Å². The predicted molar refractivity (Wildman–Crippen MR) is 101 cm³/mol. The lowest BCUT2D eigenvalue weighted by atomic mass is 9.96. The average molecular weight is 410 g/mol. The van der Waals surface area contributed by atoms with E-state index >= 15 is 0 Å². The van der Waals surface area contributed by atoms with Crippen molar-refractivity contribution in [2.45, 2.75) is 31.6 Å². The van der Waals surface area contributed by atoms with Crippen molar-refractivity contribution in [3.05, 3.63) is 24.1 Å². The van der Waals surface area contributed by atoms with Crippen molar-refractivity contribution in [3.8, 4) is 0 Å². The van der Waals surface area contributed by atoms with Gasteiger partial charge in [0, 0.05) is 39.3 Å². The maximum Gasteiger partial charge on any atom is 0.248 e. The van der Waals surface area contributed by atoms with Crippen LogP contribution in [-0.4, -0.2) is 78.8 Å². The van der Waals surface area contributed by atoms with Crippen LogP contribution in [0.4, 0.5) is 0 Å². The number of carbonyl (C=O) groups is 2. The molecular weight excluding hydrogens is 384 g/mol. The molecule has 1 unspecified atom stereocenters. The first kappa shape index (κ1) is 20.5. The van der Waals surface area contributed by atoms with Crippen molar-refractivity contribution in [2.75, 3.05) is 39.3 Å². The molecule has 0 bridgehead atoms. The number of piperidine rings is 1. The number of likely N-dealkylation sites (tertiary alicyclic amines) is 1. The largest absolute Gasteiger partial charge is 0.360 e. The van der Waals surface area contributed by atoms with Crippen LogP contribution in [-0.2, 0) is 19.6 Å². The molecule has 0 aliphatic carbocycles. The fraction of sp³-hybridized carbons (Fsp3) is 0.611. The van der Waals surface area contributed by atoms with Crippen molar-refractivity contribution in [2.24, 2.45) is 5.92 Å². The number of hydrogen-bond acceptors (Lipinski definition) is 6. The van der Waals surface area contributed by atoms with E-state index < -0.39 is 10.0 Å². The molecule has 28 heavy (non-hydrogen) atoms. The summed E-state index contributed by atoms with van der Waals surface area (Å²) >= 11 is 0. The Bertz CT molecular complexity index is 851. The Morgan fingerprint density at radius 2 is 1.82 bits per heavy atom. The summed E-state index contributed by atoms with van der Waals surface area (Å²) in [5, 5.41) is 3.73. The summed E-state index contributed by atoms with van der Waals surface area (Å²) in [5.41, 5.74) is 0.338. The van der Waals surface area contributed by atoms with Gasteiger partial charge in [0.1, 0.15) is 10.6 Å². The van der Waals surface area contributed by atoms with Gasteiger partial charge < -0.3 is 14.3 Å². The fourth-order valence-corrected chi connectivity index (χ4v) is 5.60. The summed E-state index contributed by atoms with van der Waals surface area (Å²) in [6.07, 6.45) is 2.78. The molecule has 0 radical (unpaired) electrons. The van der Waals surface area contributed by atoms with Gasteiger partial charge in [0.05, 0.1) is 5.92 Å². The van der Waals surface area contributed by atoms with Crippen LogP contribution in [0.3, 0.4) is 0 Å². The number of sulfonamides is 1. The minimum atomic E-state index is -3.70. The first-order chi connectivity index (χ1) is 13.3. The summed E-state index contributed by atoms with van der Waals surface area (Å²) in [6.45, 7) is 8.80. The van der Waals surface area contributed by atoms with E-state index in [1.165, 1.54) is 10.4 Å². The molecule has 10 heteroatoms. The second kappa shape index (κ2) is 8.04. The Balaban J connectivity index is 1.63. The highest BCUT2D eigenvalue weighted by Crippen LogP contribution is 2.25. The van der Waals surface area contributed by atoms with Crippen LogP contribution in [0.2, 0.25) is 0 Å². The molecule has 2 aliphatic rings. The number of amides is 2. The Kier molecular flexibility index (Phi) is 5.90. The van der Waals surface area contributed by atoms with E-state index in [4.69, 9.17) is 4.52 Å². The molecule has 9 nitrogen and oxygen atoms in total. The van der Waals surface area contributed by atoms with E-state index in [-0.39, 0.29) is 41.5 Å². The molecule has 0 saturated carbocycles. The van der Waals surface area contributed by atoms with Gasteiger partial charge in [-0.15, -0.1) is 0 Å². The lowest BCUT2D eigenvalue weighted by molar-refractivity contribution is -0.140. The molecule has 1 aromatic rings. The molecule has 1 aromatic heterocycles. The number of aryl methyl sites for hydroxylation is 2. The van der Waals surface area contributed by atoms with Gasteiger partial charge in [-0.2, -0.15) is 4.31 Å². The van der Waals surface area contributed by atoms with Crippen molar-refractivity contribution >= 4 is 21.8 Å². The van der Waals surface area contributed by atoms with E-state index in [1.54, 1.807) is 23.6 Å². The molecule has 3 rings (SSSR count). The van der Waals surface area contributed by atoms with Crippen molar-refractivity contribution in [3.63, 3.8) is 0 Å². The highest BCUT2D eigenvalue weighted by molar-refractivity contribution is 7.89.